The van der Waals surface area contributed by atoms with Gasteiger partial charge in [0.15, 0.2) is 5.78 Å². The Kier molecular flexibility index (Phi) is 6.90. The summed E-state index contributed by atoms with van der Waals surface area (Å²) in [4.78, 5) is 19.2. The van der Waals surface area contributed by atoms with Crippen molar-refractivity contribution in [1.29, 1.82) is 0 Å². The molecule has 0 bridgehead atoms. The lowest BCUT2D eigenvalue weighted by Gasteiger charge is -2.28. The van der Waals surface area contributed by atoms with Gasteiger partial charge in [-0.2, -0.15) is 0 Å². The van der Waals surface area contributed by atoms with Gasteiger partial charge in [-0.3, -0.25) is 9.00 Å². The van der Waals surface area contributed by atoms with Crippen molar-refractivity contribution in [2.45, 2.75) is 15.9 Å². The molecule has 5 atom stereocenters. The number of Topliss-reactive ketones (excluding diaryl/α,β-unsaturated/α-hetero) is 1. The molecule has 1 aliphatic heterocycles. The van der Waals surface area contributed by atoms with Gasteiger partial charge in [0.1, 0.15) is 0 Å². The zero-order valence-electron chi connectivity index (χ0n) is 13.9. The van der Waals surface area contributed by atoms with Crippen LogP contribution in [0.15, 0.2) is 23.2 Å². The van der Waals surface area contributed by atoms with Crippen LogP contribution in [0.2, 0.25) is 10.0 Å². The molecule has 1 heterocycles. The van der Waals surface area contributed by atoms with Gasteiger partial charge in [0.2, 0.25) is 0 Å². The van der Waals surface area contributed by atoms with Gasteiger partial charge < -0.3 is 9.89 Å². The number of thioether (sulfide) groups is 1. The molecular weight excluding hydrogens is 387 g/mol. The number of ketones is 1. The summed E-state index contributed by atoms with van der Waals surface area (Å²) in [5.41, 5.74) is 0.517. The van der Waals surface area contributed by atoms with E-state index in [1.807, 2.05) is 25.2 Å². The lowest BCUT2D eigenvalue weighted by Crippen LogP contribution is -2.44. The minimum absolute atomic E-state index is 0.0280. The standard InChI is InChI=1S/C16H20Cl2N2O2S2/c1-19-8-10-13(20(2)3)15(23-16(10)24(4)22)14(21)9-5-6-11(17)12(18)7-9/h5-8,10,13,15-16H,1-4H3. The molecule has 1 aromatic carbocycles. The van der Waals surface area contributed by atoms with Crippen LogP contribution in [0.5, 0.6) is 0 Å². The number of nitrogens with zero attached hydrogens (tertiary/aromatic N) is 2. The maximum absolute atomic E-state index is 13.1. The van der Waals surface area contributed by atoms with E-state index in [2.05, 4.69) is 4.99 Å². The Balaban J connectivity index is 2.40. The van der Waals surface area contributed by atoms with Crippen LogP contribution in [-0.4, -0.2) is 64.4 Å². The molecule has 2 rings (SSSR count). The molecule has 0 N–H and O–H groups in total. The van der Waals surface area contributed by atoms with Crippen LogP contribution in [0.25, 0.3) is 0 Å². The molecule has 24 heavy (non-hydrogen) atoms. The number of hydrogen-bond donors (Lipinski definition) is 0. The molecule has 132 valence electrons. The molecule has 1 aromatic rings. The maximum atomic E-state index is 13.1. The second-order valence-corrected chi connectivity index (χ2v) is 9.76. The van der Waals surface area contributed by atoms with E-state index in [0.717, 1.165) is 0 Å². The van der Waals surface area contributed by atoms with E-state index in [4.69, 9.17) is 23.2 Å². The first-order valence-corrected chi connectivity index (χ1v) is 10.7. The molecule has 0 spiro atoms. The van der Waals surface area contributed by atoms with Crippen molar-refractivity contribution in [3.8, 4) is 0 Å². The molecule has 1 fully saturated rings. The topological polar surface area (TPSA) is 49.7 Å². The largest absolute Gasteiger partial charge is 0.304 e. The fourth-order valence-electron chi connectivity index (χ4n) is 2.95. The highest BCUT2D eigenvalue weighted by atomic mass is 35.5. The fourth-order valence-corrected chi connectivity index (χ4v) is 6.46. The maximum Gasteiger partial charge on any atom is 0.177 e. The molecule has 0 aliphatic carbocycles. The Morgan fingerprint density at radius 1 is 1.33 bits per heavy atom. The van der Waals surface area contributed by atoms with E-state index >= 15 is 0 Å². The average Bonchev–Trinajstić information content (AvgIpc) is 2.89. The monoisotopic (exact) mass is 406 g/mol. The van der Waals surface area contributed by atoms with Crippen LogP contribution in [-0.2, 0) is 10.8 Å². The first-order chi connectivity index (χ1) is 11.3. The highest BCUT2D eigenvalue weighted by Gasteiger charge is 2.49. The zero-order chi connectivity index (χ0) is 18.0. The second-order valence-electron chi connectivity index (χ2n) is 5.86. The van der Waals surface area contributed by atoms with E-state index in [1.54, 1.807) is 31.5 Å². The minimum Gasteiger partial charge on any atom is -0.304 e. The number of hydrogen-bond acceptors (Lipinski definition) is 5. The number of carbonyl (C=O) groups is 1. The third-order valence-corrected chi connectivity index (χ3v) is 8.23. The Hall–Kier alpha value is -0.400. The SMILES string of the molecule is CN=CC1C(N(C)C)C(C(=O)c2ccc(Cl)c(Cl)c2)SC1S(C)=O. The smallest absolute Gasteiger partial charge is 0.177 e. The van der Waals surface area contributed by atoms with Crippen molar-refractivity contribution in [2.24, 2.45) is 10.9 Å². The Bertz CT molecular complexity index is 682. The third-order valence-electron chi connectivity index (χ3n) is 4.01. The van der Waals surface area contributed by atoms with Gasteiger partial charge in [0.05, 0.1) is 19.9 Å². The van der Waals surface area contributed by atoms with Crippen LogP contribution in [0.1, 0.15) is 10.4 Å². The molecular formula is C16H20Cl2N2O2S2. The van der Waals surface area contributed by atoms with Crippen molar-refractivity contribution in [3.05, 3.63) is 33.8 Å². The van der Waals surface area contributed by atoms with Crippen molar-refractivity contribution >= 4 is 57.8 Å². The van der Waals surface area contributed by atoms with Gasteiger partial charge in [-0.15, -0.1) is 11.8 Å². The normalized spacial score (nSPS) is 28.6. The van der Waals surface area contributed by atoms with Crippen molar-refractivity contribution in [1.82, 2.24) is 4.90 Å². The first-order valence-electron chi connectivity index (χ1n) is 7.33. The third kappa shape index (κ3) is 4.05. The van der Waals surface area contributed by atoms with Crippen LogP contribution >= 0.6 is 35.0 Å². The summed E-state index contributed by atoms with van der Waals surface area (Å²) < 4.78 is 12.0. The second kappa shape index (κ2) is 8.32. The van der Waals surface area contributed by atoms with E-state index in [1.165, 1.54) is 11.8 Å². The van der Waals surface area contributed by atoms with Crippen molar-refractivity contribution < 1.29 is 9.00 Å². The van der Waals surface area contributed by atoms with Crippen LogP contribution < -0.4 is 0 Å². The van der Waals surface area contributed by atoms with E-state index in [-0.39, 0.29) is 27.6 Å². The predicted molar refractivity (Wildman–Crippen MR) is 105 cm³/mol. The van der Waals surface area contributed by atoms with E-state index < -0.39 is 10.8 Å². The fraction of sp³-hybridized carbons (Fsp3) is 0.500. The molecule has 8 heteroatoms. The van der Waals surface area contributed by atoms with E-state index in [0.29, 0.717) is 15.6 Å². The molecule has 1 aliphatic rings. The van der Waals surface area contributed by atoms with Gasteiger partial charge in [-0.25, -0.2) is 0 Å². The zero-order valence-corrected chi connectivity index (χ0v) is 17.0. The highest BCUT2D eigenvalue weighted by molar-refractivity contribution is 8.12. The Morgan fingerprint density at radius 2 is 2.00 bits per heavy atom. The Labute approximate surface area is 159 Å². The molecule has 0 amide bonds. The van der Waals surface area contributed by atoms with Crippen LogP contribution in [0.3, 0.4) is 0 Å². The minimum atomic E-state index is -1.07. The quantitative estimate of drug-likeness (QED) is 0.556. The first kappa shape index (κ1) is 19.9. The summed E-state index contributed by atoms with van der Waals surface area (Å²) in [7, 11) is 4.49. The highest BCUT2D eigenvalue weighted by Crippen LogP contribution is 2.43. The lowest BCUT2D eigenvalue weighted by atomic mass is 9.94. The molecule has 5 unspecified atom stereocenters. The summed E-state index contributed by atoms with van der Waals surface area (Å²) in [6.07, 6.45) is 3.48. The van der Waals surface area contributed by atoms with Gasteiger partial charge in [-0.1, -0.05) is 23.2 Å². The summed E-state index contributed by atoms with van der Waals surface area (Å²) in [6, 6.07) is 4.82. The van der Waals surface area contributed by atoms with Gasteiger partial charge in [0.25, 0.3) is 0 Å². The molecule has 0 aromatic heterocycles. The molecule has 1 saturated heterocycles. The van der Waals surface area contributed by atoms with Gasteiger partial charge in [-0.05, 0) is 32.3 Å². The van der Waals surface area contributed by atoms with Gasteiger partial charge >= 0.3 is 0 Å². The number of halogens is 2. The van der Waals surface area contributed by atoms with Crippen LogP contribution in [0.4, 0.5) is 0 Å². The molecule has 0 saturated carbocycles. The summed E-state index contributed by atoms with van der Waals surface area (Å²) >= 11 is 13.4. The summed E-state index contributed by atoms with van der Waals surface area (Å²) in [6.45, 7) is 0. The lowest BCUT2D eigenvalue weighted by molar-refractivity contribution is 0.0951. The number of aliphatic imine (C=N–C) groups is 1. The number of carbonyl (C=O) groups excluding carboxylic acids is 1. The number of rotatable bonds is 5. The average molecular weight is 407 g/mol. The van der Waals surface area contributed by atoms with Gasteiger partial charge in [0, 0.05) is 47.8 Å². The van der Waals surface area contributed by atoms with Crippen molar-refractivity contribution in [2.75, 3.05) is 27.4 Å². The summed E-state index contributed by atoms with van der Waals surface area (Å²) in [5.74, 6) is -0.0859. The summed E-state index contributed by atoms with van der Waals surface area (Å²) in [5, 5.41) is 0.434. The Morgan fingerprint density at radius 3 is 2.50 bits per heavy atom. The predicted octanol–water partition coefficient (Wildman–Crippen LogP) is 3.24. The molecule has 4 nitrogen and oxygen atoms in total. The molecule has 0 radical (unpaired) electrons. The number of benzene rings is 1. The van der Waals surface area contributed by atoms with E-state index in [9.17, 15) is 9.00 Å². The van der Waals surface area contributed by atoms with Crippen LogP contribution in [0, 0.1) is 5.92 Å². The van der Waals surface area contributed by atoms with Crippen molar-refractivity contribution in [3.63, 3.8) is 0 Å².